The van der Waals surface area contributed by atoms with Gasteiger partial charge in [-0.2, -0.15) is 0 Å². The van der Waals surface area contributed by atoms with Crippen LogP contribution in [0.5, 0.6) is 0 Å². The van der Waals surface area contributed by atoms with E-state index in [1.165, 1.54) is 6.54 Å². The molecule has 2 saturated heterocycles. The number of hydrogen-bond donors (Lipinski definition) is 0. The number of fused-ring (bicyclic) bond motifs is 2. The molecule has 0 N–H and O–H groups in total. The second-order valence-electron chi connectivity index (χ2n) is 4.78. The van der Waals surface area contributed by atoms with E-state index in [2.05, 4.69) is 43.7 Å². The van der Waals surface area contributed by atoms with Crippen LogP contribution in [0.15, 0.2) is 0 Å². The monoisotopic (exact) mass is 234 g/mol. The van der Waals surface area contributed by atoms with Gasteiger partial charge >= 0.3 is 0 Å². The van der Waals surface area contributed by atoms with Crippen LogP contribution in [0.4, 0.5) is 0 Å². The first-order chi connectivity index (χ1) is 5.39. The zero-order valence-electron chi connectivity index (χ0n) is 8.17. The summed E-state index contributed by atoms with van der Waals surface area (Å²) in [7, 11) is 2.30. The molecule has 2 bridgehead atoms. The highest BCUT2D eigenvalue weighted by molar-refractivity contribution is 9.09. The van der Waals surface area contributed by atoms with Gasteiger partial charge in [-0.1, -0.05) is 15.9 Å². The molecule has 0 saturated carbocycles. The first-order valence-electron chi connectivity index (χ1n) is 4.54. The normalized spacial score (nSPS) is 56.2. The van der Waals surface area contributed by atoms with Crippen molar-refractivity contribution >= 4 is 15.9 Å². The molecule has 0 aromatic carbocycles. The summed E-state index contributed by atoms with van der Waals surface area (Å²) in [4.78, 5) is 0.536. The molecule has 0 amide bonds. The average molecular weight is 235 g/mol. The lowest BCUT2D eigenvalue weighted by Gasteiger charge is -2.39. The number of quaternary nitrogens is 1. The molecule has 4 atom stereocenters. The number of rotatable bonds is 0. The fraction of sp³-hybridized carbons (Fsp3) is 1.00. The summed E-state index contributed by atoms with van der Waals surface area (Å²) >= 11 is 3.69. The number of alkyl halides is 1. The van der Waals surface area contributed by atoms with Crippen LogP contribution in [0, 0.1) is 0 Å². The molecule has 3 heteroatoms. The number of ether oxygens (including phenoxy) is 1. The summed E-state index contributed by atoms with van der Waals surface area (Å²) in [5.74, 6) is 0. The quantitative estimate of drug-likeness (QED) is 0.459. The second kappa shape index (κ2) is 2.25. The third-order valence-corrected chi connectivity index (χ3v) is 4.81. The second-order valence-corrected chi connectivity index (χ2v) is 5.95. The number of hydrogen-bond acceptors (Lipinski definition) is 1. The lowest BCUT2D eigenvalue weighted by molar-refractivity contribution is -0.964. The Balaban J connectivity index is 2.41. The van der Waals surface area contributed by atoms with Gasteiger partial charge in [0.1, 0.15) is 11.6 Å². The fourth-order valence-electron chi connectivity index (χ4n) is 2.64. The van der Waals surface area contributed by atoms with Crippen molar-refractivity contribution in [3.05, 3.63) is 0 Å². The van der Waals surface area contributed by atoms with Gasteiger partial charge in [0.15, 0.2) is 6.23 Å². The van der Waals surface area contributed by atoms with Crippen LogP contribution in [-0.4, -0.2) is 40.8 Å². The Kier molecular flexibility index (Phi) is 1.68. The number of nitrogens with zero attached hydrogens (tertiary/aromatic N) is 1. The van der Waals surface area contributed by atoms with Crippen molar-refractivity contribution in [3.8, 4) is 0 Å². The molecule has 12 heavy (non-hydrogen) atoms. The first kappa shape index (κ1) is 8.97. The van der Waals surface area contributed by atoms with Crippen LogP contribution < -0.4 is 0 Å². The minimum Gasteiger partial charge on any atom is -0.318 e. The Hall–Kier alpha value is 0.400. The number of halogens is 1. The Bertz CT molecular complexity index is 219. The first-order valence-corrected chi connectivity index (χ1v) is 5.46. The molecular weight excluding hydrogens is 218 g/mol. The summed E-state index contributed by atoms with van der Waals surface area (Å²) in [5.41, 5.74) is 0.271. The van der Waals surface area contributed by atoms with Gasteiger partial charge in [-0.15, -0.1) is 0 Å². The van der Waals surface area contributed by atoms with Crippen LogP contribution in [-0.2, 0) is 4.74 Å². The van der Waals surface area contributed by atoms with Gasteiger partial charge in [0.25, 0.3) is 0 Å². The molecule has 2 fully saturated rings. The van der Waals surface area contributed by atoms with E-state index in [0.717, 1.165) is 4.48 Å². The van der Waals surface area contributed by atoms with Gasteiger partial charge in [0.05, 0.1) is 18.4 Å². The van der Waals surface area contributed by atoms with E-state index in [1.807, 2.05) is 0 Å². The summed E-state index contributed by atoms with van der Waals surface area (Å²) in [5, 5.41) is 0. The molecule has 0 aliphatic carbocycles. The van der Waals surface area contributed by atoms with E-state index in [4.69, 9.17) is 4.74 Å². The third-order valence-electron chi connectivity index (χ3n) is 4.04. The Labute approximate surface area is 82.6 Å². The van der Waals surface area contributed by atoms with Crippen molar-refractivity contribution in [2.45, 2.75) is 43.5 Å². The van der Waals surface area contributed by atoms with E-state index < -0.39 is 0 Å². The van der Waals surface area contributed by atoms with Gasteiger partial charge < -0.3 is 4.74 Å². The predicted molar refractivity (Wildman–Crippen MR) is 52.2 cm³/mol. The highest BCUT2D eigenvalue weighted by Crippen LogP contribution is 2.48. The van der Waals surface area contributed by atoms with Crippen molar-refractivity contribution in [2.24, 2.45) is 0 Å². The van der Waals surface area contributed by atoms with Crippen LogP contribution >= 0.6 is 15.9 Å². The molecule has 2 aliphatic heterocycles. The topological polar surface area (TPSA) is 9.23 Å². The molecule has 2 heterocycles. The molecule has 4 unspecified atom stereocenters. The van der Waals surface area contributed by atoms with Gasteiger partial charge in [-0.25, -0.2) is 0 Å². The smallest absolute Gasteiger partial charge is 0.191 e. The lowest BCUT2D eigenvalue weighted by atomic mass is 9.98. The van der Waals surface area contributed by atoms with Crippen molar-refractivity contribution in [2.75, 3.05) is 13.6 Å². The molecule has 2 aliphatic rings. The van der Waals surface area contributed by atoms with Crippen molar-refractivity contribution in [1.29, 1.82) is 0 Å². The summed E-state index contributed by atoms with van der Waals surface area (Å²) in [6, 6.07) is 0. The van der Waals surface area contributed by atoms with E-state index in [1.54, 1.807) is 0 Å². The molecular formula is C9H17BrNO+. The molecule has 0 radical (unpaired) electrons. The molecule has 2 nitrogen and oxygen atoms in total. The lowest BCUT2D eigenvalue weighted by Crippen LogP contribution is -2.56. The molecule has 2 rings (SSSR count). The predicted octanol–water partition coefficient (Wildman–Crippen LogP) is 1.73. The minimum atomic E-state index is 0.271. The van der Waals surface area contributed by atoms with Crippen molar-refractivity contribution < 1.29 is 9.22 Å². The number of likely N-dealkylation sites (N-methyl/N-ethyl adjacent to an activating group) is 1. The van der Waals surface area contributed by atoms with Crippen LogP contribution in [0.3, 0.4) is 0 Å². The maximum absolute atomic E-state index is 5.92. The van der Waals surface area contributed by atoms with Gasteiger partial charge in [0, 0.05) is 6.92 Å². The summed E-state index contributed by atoms with van der Waals surface area (Å²) < 4.78 is 6.97. The Morgan fingerprint density at radius 3 is 2.33 bits per heavy atom. The zero-order valence-corrected chi connectivity index (χ0v) is 9.76. The Morgan fingerprint density at radius 2 is 2.08 bits per heavy atom. The van der Waals surface area contributed by atoms with E-state index in [9.17, 15) is 0 Å². The SMILES string of the molecule is CC1OC2C(Br)C[N+]1(C)C2(C)C. The highest BCUT2D eigenvalue weighted by Gasteiger charge is 2.66. The molecule has 0 aromatic heterocycles. The Morgan fingerprint density at radius 1 is 1.50 bits per heavy atom. The van der Waals surface area contributed by atoms with Crippen LogP contribution in [0.25, 0.3) is 0 Å². The maximum atomic E-state index is 5.92. The molecule has 0 spiro atoms. The zero-order chi connectivity index (χ0) is 9.15. The standard InChI is InChI=1S/C9H17BrNO/c1-6-11(4)5-7(10)8(12-6)9(11,2)3/h6-8H,5H2,1-4H3/q+1. The average Bonchev–Trinajstić information content (AvgIpc) is 2.18. The van der Waals surface area contributed by atoms with Gasteiger partial charge in [-0.05, 0) is 13.8 Å². The van der Waals surface area contributed by atoms with Crippen LogP contribution in [0.1, 0.15) is 20.8 Å². The molecule has 70 valence electrons. The van der Waals surface area contributed by atoms with Gasteiger partial charge in [0.2, 0.25) is 0 Å². The van der Waals surface area contributed by atoms with E-state index in [-0.39, 0.29) is 5.54 Å². The van der Waals surface area contributed by atoms with Crippen molar-refractivity contribution in [1.82, 2.24) is 0 Å². The summed E-state index contributed by atoms with van der Waals surface area (Å²) in [6.07, 6.45) is 0.747. The minimum absolute atomic E-state index is 0.271. The van der Waals surface area contributed by atoms with Crippen molar-refractivity contribution in [3.63, 3.8) is 0 Å². The third kappa shape index (κ3) is 0.777. The largest absolute Gasteiger partial charge is 0.318 e. The van der Waals surface area contributed by atoms with E-state index in [0.29, 0.717) is 17.2 Å². The highest BCUT2D eigenvalue weighted by atomic mass is 79.9. The van der Waals surface area contributed by atoms with Crippen LogP contribution in [0.2, 0.25) is 0 Å². The summed E-state index contributed by atoms with van der Waals surface area (Å²) in [6.45, 7) is 7.99. The molecule has 0 aromatic rings. The maximum Gasteiger partial charge on any atom is 0.191 e. The van der Waals surface area contributed by atoms with Gasteiger partial charge in [-0.3, -0.25) is 4.48 Å². The fourth-order valence-corrected chi connectivity index (χ4v) is 4.01. The van der Waals surface area contributed by atoms with E-state index >= 15 is 0 Å².